The number of thioether (sulfide) groups is 1. The quantitative estimate of drug-likeness (QED) is 0.510. The summed E-state index contributed by atoms with van der Waals surface area (Å²) in [6.45, 7) is 2.84. The lowest BCUT2D eigenvalue weighted by Crippen LogP contribution is -2.23. The van der Waals surface area contributed by atoms with Crippen LogP contribution in [0.2, 0.25) is 0 Å². The molecule has 0 aliphatic carbocycles. The monoisotopic (exact) mass is 438 g/mol. The Morgan fingerprint density at radius 3 is 2.65 bits per heavy atom. The van der Waals surface area contributed by atoms with Crippen molar-refractivity contribution in [3.05, 3.63) is 54.4 Å². The number of anilines is 4. The number of nitrogens with one attached hydrogen (secondary N) is 2. The van der Waals surface area contributed by atoms with Crippen LogP contribution in [0.3, 0.4) is 0 Å². The van der Waals surface area contributed by atoms with Gasteiger partial charge in [-0.05, 0) is 31.2 Å². The molecule has 1 aliphatic heterocycles. The van der Waals surface area contributed by atoms with Crippen LogP contribution in [0.15, 0.2) is 48.5 Å². The van der Waals surface area contributed by atoms with Crippen molar-refractivity contribution in [1.29, 1.82) is 0 Å². The highest BCUT2D eigenvalue weighted by atomic mass is 32.2. The Balaban J connectivity index is 1.34. The zero-order chi connectivity index (χ0) is 21.6. The molecular weight excluding hydrogens is 416 g/mol. The number of carbonyl (C=O) groups excluding carboxylic acids is 1. The SMILES string of the molecule is CC(SCc1nc(N)nc(Nc2ccccc2)n1)C(=O)Nc1ccc2c(c1)OCCO2. The second-order valence-corrected chi connectivity index (χ2v) is 8.05. The van der Waals surface area contributed by atoms with E-state index >= 15 is 0 Å². The van der Waals surface area contributed by atoms with Crippen molar-refractivity contribution in [3.63, 3.8) is 0 Å². The van der Waals surface area contributed by atoms with Crippen LogP contribution >= 0.6 is 11.8 Å². The number of aromatic nitrogens is 3. The molecule has 2 heterocycles. The molecule has 4 rings (SSSR count). The summed E-state index contributed by atoms with van der Waals surface area (Å²) in [6.07, 6.45) is 0. The van der Waals surface area contributed by atoms with Gasteiger partial charge in [0.1, 0.15) is 19.0 Å². The third kappa shape index (κ3) is 5.54. The van der Waals surface area contributed by atoms with Gasteiger partial charge in [-0.25, -0.2) is 0 Å². The van der Waals surface area contributed by atoms with Crippen molar-refractivity contribution in [1.82, 2.24) is 15.0 Å². The van der Waals surface area contributed by atoms with Gasteiger partial charge >= 0.3 is 0 Å². The Morgan fingerprint density at radius 2 is 1.84 bits per heavy atom. The summed E-state index contributed by atoms with van der Waals surface area (Å²) in [5.41, 5.74) is 7.32. The van der Waals surface area contributed by atoms with Crippen LogP contribution in [0.4, 0.5) is 23.3 Å². The minimum absolute atomic E-state index is 0.123. The Kier molecular flexibility index (Phi) is 6.37. The lowest BCUT2D eigenvalue weighted by molar-refractivity contribution is -0.115. The smallest absolute Gasteiger partial charge is 0.237 e. The first kappa shape index (κ1) is 20.7. The number of nitrogens with two attached hydrogens (primary N) is 1. The predicted molar refractivity (Wildman–Crippen MR) is 121 cm³/mol. The van der Waals surface area contributed by atoms with Gasteiger partial charge in [0.15, 0.2) is 11.5 Å². The summed E-state index contributed by atoms with van der Waals surface area (Å²) in [7, 11) is 0. The Labute approximate surface area is 183 Å². The number of rotatable bonds is 7. The van der Waals surface area contributed by atoms with Gasteiger partial charge in [-0.2, -0.15) is 15.0 Å². The molecule has 0 saturated carbocycles. The highest BCUT2D eigenvalue weighted by molar-refractivity contribution is 7.99. The van der Waals surface area contributed by atoms with Crippen LogP contribution in [0, 0.1) is 0 Å². The summed E-state index contributed by atoms with van der Waals surface area (Å²) < 4.78 is 11.1. The fourth-order valence-corrected chi connectivity index (χ4v) is 3.59. The maximum Gasteiger partial charge on any atom is 0.237 e. The van der Waals surface area contributed by atoms with E-state index in [-0.39, 0.29) is 17.1 Å². The topological polar surface area (TPSA) is 124 Å². The molecule has 9 nitrogen and oxygen atoms in total. The summed E-state index contributed by atoms with van der Waals surface area (Å²) in [4.78, 5) is 25.3. The molecule has 31 heavy (non-hydrogen) atoms. The molecule has 1 aromatic heterocycles. The number of benzene rings is 2. The van der Waals surface area contributed by atoms with Gasteiger partial charge in [-0.3, -0.25) is 4.79 Å². The van der Waals surface area contributed by atoms with E-state index in [9.17, 15) is 4.79 Å². The molecule has 1 unspecified atom stereocenters. The van der Waals surface area contributed by atoms with E-state index in [4.69, 9.17) is 15.2 Å². The van der Waals surface area contributed by atoms with Crippen LogP contribution in [-0.2, 0) is 10.5 Å². The normalized spacial score (nSPS) is 13.3. The van der Waals surface area contributed by atoms with Crippen molar-refractivity contribution in [3.8, 4) is 11.5 Å². The zero-order valence-corrected chi connectivity index (χ0v) is 17.7. The van der Waals surface area contributed by atoms with E-state index in [1.807, 2.05) is 37.3 Å². The van der Waals surface area contributed by atoms with E-state index in [2.05, 4.69) is 25.6 Å². The van der Waals surface area contributed by atoms with Gasteiger partial charge in [0, 0.05) is 17.4 Å². The van der Waals surface area contributed by atoms with Gasteiger partial charge in [0.05, 0.1) is 11.0 Å². The van der Waals surface area contributed by atoms with Crippen LogP contribution in [-0.4, -0.2) is 39.3 Å². The van der Waals surface area contributed by atoms with E-state index in [0.717, 1.165) is 5.69 Å². The molecular formula is C21H22N6O3S. The molecule has 2 aromatic carbocycles. The highest BCUT2D eigenvalue weighted by Crippen LogP contribution is 2.32. The zero-order valence-electron chi connectivity index (χ0n) is 16.9. The third-order valence-corrected chi connectivity index (χ3v) is 5.51. The first-order valence-electron chi connectivity index (χ1n) is 9.71. The molecule has 1 aliphatic rings. The number of carbonyl (C=O) groups is 1. The lowest BCUT2D eigenvalue weighted by Gasteiger charge is -2.19. The maximum absolute atomic E-state index is 12.6. The molecule has 0 spiro atoms. The molecule has 0 bridgehead atoms. The van der Waals surface area contributed by atoms with E-state index in [1.165, 1.54) is 11.8 Å². The number of amides is 1. The third-order valence-electron chi connectivity index (χ3n) is 4.37. The van der Waals surface area contributed by atoms with Crippen LogP contribution < -0.4 is 25.8 Å². The molecule has 10 heteroatoms. The lowest BCUT2D eigenvalue weighted by atomic mass is 10.2. The second kappa shape index (κ2) is 9.52. The predicted octanol–water partition coefficient (Wildman–Crippen LogP) is 3.23. The minimum Gasteiger partial charge on any atom is -0.486 e. The molecule has 0 fully saturated rings. The van der Waals surface area contributed by atoms with Crippen LogP contribution in [0.25, 0.3) is 0 Å². The molecule has 1 atom stereocenters. The standard InChI is InChI=1S/C21H22N6O3S/c1-13(19(28)23-15-7-8-16-17(11-15)30-10-9-29-16)31-12-18-25-20(22)27-21(26-18)24-14-5-3-2-4-6-14/h2-8,11,13H,9-10,12H2,1H3,(H,23,28)(H3,22,24,25,26,27). The maximum atomic E-state index is 12.6. The first-order valence-corrected chi connectivity index (χ1v) is 10.8. The number of ether oxygens (including phenoxy) is 2. The second-order valence-electron chi connectivity index (χ2n) is 6.73. The Bertz CT molecular complexity index is 1070. The van der Waals surface area contributed by atoms with Crippen molar-refractivity contribution >= 4 is 40.9 Å². The largest absolute Gasteiger partial charge is 0.486 e. The van der Waals surface area contributed by atoms with Crippen LogP contribution in [0.5, 0.6) is 11.5 Å². The molecule has 0 radical (unpaired) electrons. The Morgan fingerprint density at radius 1 is 1.06 bits per heavy atom. The molecule has 160 valence electrons. The fraction of sp³-hybridized carbons (Fsp3) is 0.238. The molecule has 4 N–H and O–H groups in total. The van der Waals surface area contributed by atoms with Crippen molar-refractivity contribution in [2.75, 3.05) is 29.6 Å². The summed E-state index contributed by atoms with van der Waals surface area (Å²) in [5, 5.41) is 5.66. The van der Waals surface area contributed by atoms with E-state index in [0.29, 0.717) is 47.9 Å². The van der Waals surface area contributed by atoms with Crippen molar-refractivity contribution < 1.29 is 14.3 Å². The molecule has 1 amide bonds. The van der Waals surface area contributed by atoms with Crippen LogP contribution in [0.1, 0.15) is 12.7 Å². The van der Waals surface area contributed by atoms with Gasteiger partial charge in [0.25, 0.3) is 0 Å². The van der Waals surface area contributed by atoms with Crippen molar-refractivity contribution in [2.45, 2.75) is 17.9 Å². The summed E-state index contributed by atoms with van der Waals surface area (Å²) in [5.74, 6) is 2.56. The van der Waals surface area contributed by atoms with Gasteiger partial charge in [-0.1, -0.05) is 18.2 Å². The highest BCUT2D eigenvalue weighted by Gasteiger charge is 2.17. The average molecular weight is 439 g/mol. The number of nitrogens with zero attached hydrogens (tertiary/aromatic N) is 3. The average Bonchev–Trinajstić information content (AvgIpc) is 2.77. The van der Waals surface area contributed by atoms with Gasteiger partial charge in [-0.15, -0.1) is 11.8 Å². The minimum atomic E-state index is -0.336. The van der Waals surface area contributed by atoms with Gasteiger partial charge < -0.3 is 25.8 Å². The molecule has 3 aromatic rings. The van der Waals surface area contributed by atoms with E-state index in [1.54, 1.807) is 18.2 Å². The Hall–Kier alpha value is -3.53. The number of hydrogen-bond acceptors (Lipinski definition) is 9. The number of para-hydroxylation sites is 1. The first-order chi connectivity index (χ1) is 15.1. The van der Waals surface area contributed by atoms with Gasteiger partial charge in [0.2, 0.25) is 17.8 Å². The summed E-state index contributed by atoms with van der Waals surface area (Å²) in [6, 6.07) is 14.9. The number of fused-ring (bicyclic) bond motifs is 1. The molecule has 0 saturated heterocycles. The number of nitrogen functional groups attached to an aromatic ring is 1. The summed E-state index contributed by atoms with van der Waals surface area (Å²) >= 11 is 1.41. The number of hydrogen-bond donors (Lipinski definition) is 3. The van der Waals surface area contributed by atoms with Crippen molar-refractivity contribution in [2.24, 2.45) is 0 Å². The fourth-order valence-electron chi connectivity index (χ4n) is 2.85. The van der Waals surface area contributed by atoms with E-state index < -0.39 is 0 Å².